The second-order valence-corrected chi connectivity index (χ2v) is 5.50. The van der Waals surface area contributed by atoms with Gasteiger partial charge in [0.05, 0.1) is 13.2 Å². The summed E-state index contributed by atoms with van der Waals surface area (Å²) >= 11 is 0. The van der Waals surface area contributed by atoms with Gasteiger partial charge in [0, 0.05) is 0 Å². The summed E-state index contributed by atoms with van der Waals surface area (Å²) in [7, 11) is 0. The van der Waals surface area contributed by atoms with Crippen LogP contribution in [0.4, 0.5) is 0 Å². The predicted octanol–water partition coefficient (Wildman–Crippen LogP) is 1.65. The van der Waals surface area contributed by atoms with E-state index in [0.29, 0.717) is 13.2 Å². The fourth-order valence-electron chi connectivity index (χ4n) is 2.52. The number of cyclic esters (lactones) is 1. The number of ether oxygens (including phenoxy) is 4. The fourth-order valence-corrected chi connectivity index (χ4v) is 2.52. The molecule has 2 saturated heterocycles. The summed E-state index contributed by atoms with van der Waals surface area (Å²) in [5, 5.41) is 0. The van der Waals surface area contributed by atoms with Gasteiger partial charge < -0.3 is 18.9 Å². The maximum Gasteiger partial charge on any atom is 0.338 e. The first-order valence-electron chi connectivity index (χ1n) is 6.73. The zero-order valence-electron chi connectivity index (χ0n) is 11.6. The van der Waals surface area contributed by atoms with E-state index in [9.17, 15) is 4.79 Å². The highest BCUT2D eigenvalue weighted by Gasteiger charge is 2.55. The molecular formula is C15H18O5. The van der Waals surface area contributed by atoms with E-state index in [1.54, 1.807) is 13.8 Å². The van der Waals surface area contributed by atoms with Crippen molar-refractivity contribution in [1.82, 2.24) is 0 Å². The Morgan fingerprint density at radius 1 is 1.20 bits per heavy atom. The van der Waals surface area contributed by atoms with Crippen molar-refractivity contribution in [2.45, 2.75) is 44.6 Å². The predicted molar refractivity (Wildman–Crippen MR) is 69.8 cm³/mol. The molecule has 2 fully saturated rings. The van der Waals surface area contributed by atoms with Gasteiger partial charge in [-0.25, -0.2) is 4.79 Å². The van der Waals surface area contributed by atoms with Crippen molar-refractivity contribution in [2.75, 3.05) is 6.61 Å². The van der Waals surface area contributed by atoms with Gasteiger partial charge in [-0.1, -0.05) is 30.3 Å². The Labute approximate surface area is 117 Å². The monoisotopic (exact) mass is 278 g/mol. The number of carbonyl (C=O) groups excluding carboxylic acids is 1. The molecule has 0 aromatic heterocycles. The molecule has 0 aliphatic carbocycles. The van der Waals surface area contributed by atoms with Crippen LogP contribution in [-0.2, 0) is 30.3 Å². The Kier molecular flexibility index (Phi) is 3.50. The molecule has 0 saturated carbocycles. The minimum absolute atomic E-state index is 0.307. The number of esters is 1. The first-order chi connectivity index (χ1) is 9.55. The largest absolute Gasteiger partial charge is 0.455 e. The molecule has 0 amide bonds. The zero-order chi connectivity index (χ0) is 14.2. The molecule has 2 aliphatic heterocycles. The van der Waals surface area contributed by atoms with Gasteiger partial charge in [-0.15, -0.1) is 0 Å². The average molecular weight is 278 g/mol. The van der Waals surface area contributed by atoms with Crippen molar-refractivity contribution in [2.24, 2.45) is 0 Å². The summed E-state index contributed by atoms with van der Waals surface area (Å²) in [6, 6.07) is 9.85. The number of hydrogen-bond acceptors (Lipinski definition) is 5. The Morgan fingerprint density at radius 2 is 1.95 bits per heavy atom. The second kappa shape index (κ2) is 5.16. The molecule has 3 rings (SSSR count). The summed E-state index contributed by atoms with van der Waals surface area (Å²) in [4.78, 5) is 11.7. The molecule has 0 radical (unpaired) electrons. The third-order valence-electron chi connectivity index (χ3n) is 3.39. The number of benzene rings is 1. The van der Waals surface area contributed by atoms with Gasteiger partial charge in [-0.3, -0.25) is 0 Å². The topological polar surface area (TPSA) is 54.0 Å². The van der Waals surface area contributed by atoms with Gasteiger partial charge in [-0.05, 0) is 19.4 Å². The van der Waals surface area contributed by atoms with Gasteiger partial charge in [0.25, 0.3) is 0 Å². The molecule has 3 atom stereocenters. The van der Waals surface area contributed by atoms with E-state index in [2.05, 4.69) is 0 Å². The maximum atomic E-state index is 11.7. The Morgan fingerprint density at radius 3 is 2.70 bits per heavy atom. The molecule has 5 heteroatoms. The van der Waals surface area contributed by atoms with Crippen LogP contribution in [0.1, 0.15) is 19.4 Å². The van der Waals surface area contributed by atoms with Crippen LogP contribution in [0.3, 0.4) is 0 Å². The van der Waals surface area contributed by atoms with Crippen LogP contribution in [0.15, 0.2) is 30.3 Å². The number of rotatable bonds is 4. The molecular weight excluding hydrogens is 260 g/mol. The van der Waals surface area contributed by atoms with Crippen LogP contribution in [0.5, 0.6) is 0 Å². The molecule has 1 aromatic rings. The van der Waals surface area contributed by atoms with Crippen LogP contribution in [-0.4, -0.2) is 36.7 Å². The van der Waals surface area contributed by atoms with Crippen LogP contribution < -0.4 is 0 Å². The lowest BCUT2D eigenvalue weighted by atomic mass is 10.1. The second-order valence-electron chi connectivity index (χ2n) is 5.50. The lowest BCUT2D eigenvalue weighted by Gasteiger charge is -2.21. The van der Waals surface area contributed by atoms with E-state index < -0.39 is 18.0 Å². The average Bonchev–Trinajstić information content (AvgIpc) is 2.87. The summed E-state index contributed by atoms with van der Waals surface area (Å²) in [5.41, 5.74) is 1.08. The van der Waals surface area contributed by atoms with Crippen molar-refractivity contribution >= 4 is 5.97 Å². The van der Waals surface area contributed by atoms with Crippen molar-refractivity contribution < 1.29 is 23.7 Å². The SMILES string of the molecule is CC1(C)O[C@H]2[C@H](COCc3ccccc3)OC(=O)[C@H]2O1. The van der Waals surface area contributed by atoms with E-state index in [1.165, 1.54) is 0 Å². The highest BCUT2D eigenvalue weighted by atomic mass is 16.8. The van der Waals surface area contributed by atoms with Crippen molar-refractivity contribution in [3.05, 3.63) is 35.9 Å². The van der Waals surface area contributed by atoms with E-state index in [-0.39, 0.29) is 12.1 Å². The summed E-state index contributed by atoms with van der Waals surface area (Å²) in [5.74, 6) is -1.11. The van der Waals surface area contributed by atoms with Gasteiger partial charge in [0.15, 0.2) is 18.0 Å². The lowest BCUT2D eigenvalue weighted by Crippen LogP contribution is -2.32. The van der Waals surface area contributed by atoms with Crippen molar-refractivity contribution in [3.63, 3.8) is 0 Å². The first kappa shape index (κ1) is 13.5. The van der Waals surface area contributed by atoms with E-state index >= 15 is 0 Å². The van der Waals surface area contributed by atoms with E-state index in [1.807, 2.05) is 30.3 Å². The van der Waals surface area contributed by atoms with E-state index in [4.69, 9.17) is 18.9 Å². The minimum atomic E-state index is -0.744. The Bertz CT molecular complexity index is 484. The van der Waals surface area contributed by atoms with Gasteiger partial charge >= 0.3 is 5.97 Å². The standard InChI is InChI=1S/C15H18O5/c1-15(2)19-12-11(18-14(16)13(12)20-15)9-17-8-10-6-4-3-5-7-10/h3-7,11-13H,8-9H2,1-2H3/t11-,12-,13-/m0/s1. The maximum absolute atomic E-state index is 11.7. The quantitative estimate of drug-likeness (QED) is 0.784. The molecule has 0 N–H and O–H groups in total. The van der Waals surface area contributed by atoms with Crippen LogP contribution in [0, 0.1) is 0 Å². The molecule has 20 heavy (non-hydrogen) atoms. The zero-order valence-corrected chi connectivity index (χ0v) is 11.6. The van der Waals surface area contributed by atoms with Crippen LogP contribution >= 0.6 is 0 Å². The molecule has 0 unspecified atom stereocenters. The summed E-state index contributed by atoms with van der Waals surface area (Å²) in [6.07, 6.45) is -1.42. The van der Waals surface area contributed by atoms with Crippen molar-refractivity contribution in [1.29, 1.82) is 0 Å². The molecule has 1 aromatic carbocycles. The molecule has 108 valence electrons. The first-order valence-corrected chi connectivity index (χ1v) is 6.73. The van der Waals surface area contributed by atoms with Crippen molar-refractivity contribution in [3.8, 4) is 0 Å². The highest BCUT2D eigenvalue weighted by Crippen LogP contribution is 2.36. The smallest absolute Gasteiger partial charge is 0.338 e. The Hall–Kier alpha value is -1.43. The fraction of sp³-hybridized carbons (Fsp3) is 0.533. The van der Waals surface area contributed by atoms with Gasteiger partial charge in [0.1, 0.15) is 6.10 Å². The number of carbonyl (C=O) groups is 1. The third kappa shape index (κ3) is 2.70. The minimum Gasteiger partial charge on any atom is -0.455 e. The van der Waals surface area contributed by atoms with E-state index in [0.717, 1.165) is 5.56 Å². The molecule has 0 bridgehead atoms. The molecule has 5 nitrogen and oxygen atoms in total. The normalized spacial score (nSPS) is 31.1. The lowest BCUT2D eigenvalue weighted by molar-refractivity contribution is -0.190. The summed E-state index contributed by atoms with van der Waals surface area (Å²) in [6.45, 7) is 4.37. The molecule has 2 aliphatic rings. The van der Waals surface area contributed by atoms with Crippen LogP contribution in [0.2, 0.25) is 0 Å². The van der Waals surface area contributed by atoms with Crippen LogP contribution in [0.25, 0.3) is 0 Å². The number of hydrogen-bond donors (Lipinski definition) is 0. The van der Waals surface area contributed by atoms with Gasteiger partial charge in [0.2, 0.25) is 0 Å². The Balaban J connectivity index is 1.55. The number of fused-ring (bicyclic) bond motifs is 1. The summed E-state index contributed by atoms with van der Waals surface area (Å²) < 4.78 is 22.1. The third-order valence-corrected chi connectivity index (χ3v) is 3.39. The molecule has 0 spiro atoms. The van der Waals surface area contributed by atoms with Gasteiger partial charge in [-0.2, -0.15) is 0 Å². The molecule has 2 heterocycles. The highest BCUT2D eigenvalue weighted by molar-refractivity contribution is 5.78.